The van der Waals surface area contributed by atoms with Crippen molar-refractivity contribution < 1.29 is 9.53 Å². The molecule has 0 aromatic heterocycles. The number of nitrogens with one attached hydrogen (secondary N) is 1. The summed E-state index contributed by atoms with van der Waals surface area (Å²) in [5.74, 6) is 0.464. The molecule has 3 rings (SSSR count). The summed E-state index contributed by atoms with van der Waals surface area (Å²) in [6.45, 7) is 0.441. The number of carbonyl (C=O) groups is 1. The summed E-state index contributed by atoms with van der Waals surface area (Å²) in [6.07, 6.45) is 1.74. The lowest BCUT2D eigenvalue weighted by molar-refractivity contribution is -0.115. The second-order valence-electron chi connectivity index (χ2n) is 4.81. The Labute approximate surface area is 148 Å². The number of hydrogen-bond donors (Lipinski definition) is 1. The maximum absolute atomic E-state index is 11.8. The lowest BCUT2D eigenvalue weighted by Crippen LogP contribution is -2.17. The van der Waals surface area contributed by atoms with Crippen LogP contribution in [0.15, 0.2) is 53.4 Å². The Morgan fingerprint density at radius 2 is 2.00 bits per heavy atom. The van der Waals surface area contributed by atoms with E-state index in [1.807, 2.05) is 30.3 Å². The Hall–Kier alpha value is -1.82. The third-order valence-electron chi connectivity index (χ3n) is 3.14. The molecule has 0 spiro atoms. The fraction of sp³-hybridized carbons (Fsp3) is 0.0588. The van der Waals surface area contributed by atoms with Crippen LogP contribution in [0.5, 0.6) is 5.75 Å². The highest BCUT2D eigenvalue weighted by molar-refractivity contribution is 8.26. The molecule has 1 aliphatic heterocycles. The lowest BCUT2D eigenvalue weighted by atomic mass is 10.1. The first kappa shape index (κ1) is 16.1. The number of halogens is 1. The number of hydrogen-bond acceptors (Lipinski definition) is 4. The van der Waals surface area contributed by atoms with Gasteiger partial charge in [0.2, 0.25) is 0 Å². The van der Waals surface area contributed by atoms with Crippen molar-refractivity contribution in [3.05, 3.63) is 69.6 Å². The van der Waals surface area contributed by atoms with Crippen LogP contribution in [0.4, 0.5) is 0 Å². The van der Waals surface area contributed by atoms with Gasteiger partial charge in [-0.15, -0.1) is 0 Å². The highest BCUT2D eigenvalue weighted by Crippen LogP contribution is 2.31. The van der Waals surface area contributed by atoms with E-state index in [0.29, 0.717) is 26.6 Å². The molecule has 23 heavy (non-hydrogen) atoms. The van der Waals surface area contributed by atoms with E-state index >= 15 is 0 Å². The van der Waals surface area contributed by atoms with Gasteiger partial charge in [-0.3, -0.25) is 4.79 Å². The quantitative estimate of drug-likeness (QED) is 0.646. The summed E-state index contributed by atoms with van der Waals surface area (Å²) in [7, 11) is 0. The SMILES string of the molecule is O=C1NC(=S)S/C1=C\c1cc(Cl)ccc1OCc1ccccc1. The number of rotatable bonds is 4. The van der Waals surface area contributed by atoms with Crippen LogP contribution in [-0.4, -0.2) is 10.2 Å². The van der Waals surface area contributed by atoms with E-state index < -0.39 is 0 Å². The molecule has 0 unspecified atom stereocenters. The summed E-state index contributed by atoms with van der Waals surface area (Å²) in [5, 5.41) is 3.17. The molecular formula is C17H12ClNO2S2. The molecule has 2 aromatic rings. The summed E-state index contributed by atoms with van der Waals surface area (Å²) >= 11 is 12.3. The number of thioether (sulfide) groups is 1. The number of thiocarbonyl (C=S) groups is 1. The highest BCUT2D eigenvalue weighted by atomic mass is 35.5. The third kappa shape index (κ3) is 4.13. The number of ether oxygens (including phenoxy) is 1. The number of benzene rings is 2. The highest BCUT2D eigenvalue weighted by Gasteiger charge is 2.22. The molecule has 6 heteroatoms. The molecule has 3 nitrogen and oxygen atoms in total. The fourth-order valence-corrected chi connectivity index (χ4v) is 3.28. The average Bonchev–Trinajstić information content (AvgIpc) is 2.85. The van der Waals surface area contributed by atoms with Crippen LogP contribution >= 0.6 is 35.6 Å². The average molecular weight is 362 g/mol. The van der Waals surface area contributed by atoms with E-state index in [4.69, 9.17) is 28.6 Å². The van der Waals surface area contributed by atoms with Gasteiger partial charge in [-0.05, 0) is 29.8 Å². The molecule has 0 aliphatic carbocycles. The van der Waals surface area contributed by atoms with Gasteiger partial charge in [0.25, 0.3) is 5.91 Å². The predicted octanol–water partition coefficient (Wildman–Crippen LogP) is 4.41. The van der Waals surface area contributed by atoms with Gasteiger partial charge < -0.3 is 10.1 Å². The van der Waals surface area contributed by atoms with Gasteiger partial charge in [0.05, 0.1) is 4.91 Å². The molecule has 1 N–H and O–H groups in total. The van der Waals surface area contributed by atoms with Gasteiger partial charge in [-0.1, -0.05) is 65.9 Å². The van der Waals surface area contributed by atoms with Gasteiger partial charge in [0.15, 0.2) is 0 Å². The van der Waals surface area contributed by atoms with E-state index in [2.05, 4.69) is 5.32 Å². The van der Waals surface area contributed by atoms with Gasteiger partial charge in [-0.25, -0.2) is 0 Å². The molecule has 1 heterocycles. The van der Waals surface area contributed by atoms with Crippen molar-refractivity contribution in [1.29, 1.82) is 0 Å². The van der Waals surface area contributed by atoms with Gasteiger partial charge in [0.1, 0.15) is 16.7 Å². The van der Waals surface area contributed by atoms with Gasteiger partial charge in [0, 0.05) is 10.6 Å². The molecule has 0 bridgehead atoms. The Bertz CT molecular complexity index is 790. The molecule has 1 saturated heterocycles. The molecule has 1 fully saturated rings. The first-order valence-electron chi connectivity index (χ1n) is 6.83. The molecule has 1 aliphatic rings. The van der Waals surface area contributed by atoms with E-state index in [1.165, 1.54) is 11.8 Å². The number of carbonyl (C=O) groups excluding carboxylic acids is 1. The predicted molar refractivity (Wildman–Crippen MR) is 98.5 cm³/mol. The van der Waals surface area contributed by atoms with Crippen LogP contribution in [0.25, 0.3) is 6.08 Å². The number of amides is 1. The smallest absolute Gasteiger partial charge is 0.263 e. The largest absolute Gasteiger partial charge is 0.488 e. The van der Waals surface area contributed by atoms with Crippen LogP contribution in [0, 0.1) is 0 Å². The minimum absolute atomic E-state index is 0.200. The van der Waals surface area contributed by atoms with E-state index in [-0.39, 0.29) is 5.91 Å². The van der Waals surface area contributed by atoms with Crippen LogP contribution < -0.4 is 10.1 Å². The zero-order valence-corrected chi connectivity index (χ0v) is 14.3. The minimum Gasteiger partial charge on any atom is -0.488 e. The maximum Gasteiger partial charge on any atom is 0.263 e. The fourth-order valence-electron chi connectivity index (χ4n) is 2.06. The van der Waals surface area contributed by atoms with Gasteiger partial charge in [-0.2, -0.15) is 0 Å². The lowest BCUT2D eigenvalue weighted by Gasteiger charge is -2.10. The van der Waals surface area contributed by atoms with Crippen molar-refractivity contribution >= 4 is 51.9 Å². The van der Waals surface area contributed by atoms with Crippen molar-refractivity contribution in [3.8, 4) is 5.75 Å². The Balaban J connectivity index is 1.85. The molecule has 0 saturated carbocycles. The van der Waals surface area contributed by atoms with E-state index in [0.717, 1.165) is 11.1 Å². The Morgan fingerprint density at radius 1 is 1.22 bits per heavy atom. The summed E-state index contributed by atoms with van der Waals surface area (Å²) in [6, 6.07) is 15.2. The van der Waals surface area contributed by atoms with Crippen molar-refractivity contribution in [2.24, 2.45) is 0 Å². The van der Waals surface area contributed by atoms with Crippen molar-refractivity contribution in [2.45, 2.75) is 6.61 Å². The van der Waals surface area contributed by atoms with E-state index in [1.54, 1.807) is 24.3 Å². The molecule has 116 valence electrons. The van der Waals surface area contributed by atoms with Crippen molar-refractivity contribution in [3.63, 3.8) is 0 Å². The summed E-state index contributed by atoms with van der Waals surface area (Å²) in [4.78, 5) is 12.3. The molecule has 0 radical (unpaired) electrons. The van der Waals surface area contributed by atoms with Crippen LogP contribution in [-0.2, 0) is 11.4 Å². The normalized spacial score (nSPS) is 15.8. The summed E-state index contributed by atoms with van der Waals surface area (Å²) < 4.78 is 6.33. The zero-order chi connectivity index (χ0) is 16.2. The second kappa shape index (κ2) is 7.17. The monoisotopic (exact) mass is 361 g/mol. The first-order chi connectivity index (χ1) is 11.1. The minimum atomic E-state index is -0.200. The molecule has 0 atom stereocenters. The van der Waals surface area contributed by atoms with Crippen LogP contribution in [0.2, 0.25) is 5.02 Å². The Kier molecular flexibility index (Phi) is 5.00. The summed E-state index contributed by atoms with van der Waals surface area (Å²) in [5.41, 5.74) is 1.81. The topological polar surface area (TPSA) is 38.3 Å². The second-order valence-corrected chi connectivity index (χ2v) is 6.96. The van der Waals surface area contributed by atoms with Gasteiger partial charge >= 0.3 is 0 Å². The van der Waals surface area contributed by atoms with E-state index in [9.17, 15) is 4.79 Å². The molecule has 1 amide bonds. The van der Waals surface area contributed by atoms with Crippen LogP contribution in [0.1, 0.15) is 11.1 Å². The Morgan fingerprint density at radius 3 is 2.70 bits per heavy atom. The van der Waals surface area contributed by atoms with Crippen molar-refractivity contribution in [1.82, 2.24) is 5.32 Å². The molecular weight excluding hydrogens is 350 g/mol. The van der Waals surface area contributed by atoms with Crippen molar-refractivity contribution in [2.75, 3.05) is 0 Å². The zero-order valence-electron chi connectivity index (χ0n) is 11.9. The third-order valence-corrected chi connectivity index (χ3v) is 4.54. The van der Waals surface area contributed by atoms with Crippen LogP contribution in [0.3, 0.4) is 0 Å². The molecule has 2 aromatic carbocycles. The maximum atomic E-state index is 11.8. The standard InChI is InChI=1S/C17H12ClNO2S2/c18-13-6-7-14(21-10-11-4-2-1-3-5-11)12(8-13)9-15-16(20)19-17(22)23-15/h1-9H,10H2,(H,19,20,22)/b15-9-. The first-order valence-corrected chi connectivity index (χ1v) is 8.43.